The van der Waals surface area contributed by atoms with Crippen molar-refractivity contribution in [2.24, 2.45) is 0 Å². The van der Waals surface area contributed by atoms with Crippen LogP contribution in [-0.4, -0.2) is 56.7 Å². The van der Waals surface area contributed by atoms with Gasteiger partial charge >= 0.3 is 11.9 Å². The highest BCUT2D eigenvalue weighted by Gasteiger charge is 2.50. The molecular formula is C26H33BrO10. The topological polar surface area (TPSA) is 116 Å². The van der Waals surface area contributed by atoms with E-state index in [4.69, 9.17) is 33.5 Å². The highest BCUT2D eigenvalue weighted by atomic mass is 79.9. The number of methoxy groups -OCH3 is 2. The molecule has 0 fully saturated rings. The third-order valence-corrected chi connectivity index (χ3v) is 6.18. The molecule has 0 unspecified atom stereocenters. The fraction of sp³-hybridized carbons (Fsp3) is 0.500. The monoisotopic (exact) mass is 584 g/mol. The minimum absolute atomic E-state index is 0.0492. The van der Waals surface area contributed by atoms with Crippen LogP contribution in [0, 0.1) is 13.8 Å². The van der Waals surface area contributed by atoms with Crippen LogP contribution >= 0.6 is 15.9 Å². The number of hydrogen-bond acceptors (Lipinski definition) is 10. The summed E-state index contributed by atoms with van der Waals surface area (Å²) in [6.45, 7) is 11.3. The van der Waals surface area contributed by atoms with Crippen LogP contribution in [0.25, 0.3) is 0 Å². The zero-order valence-electron chi connectivity index (χ0n) is 22.5. The van der Waals surface area contributed by atoms with Crippen molar-refractivity contribution in [1.29, 1.82) is 0 Å². The first-order chi connectivity index (χ1) is 17.2. The van der Waals surface area contributed by atoms with Gasteiger partial charge in [-0.2, -0.15) is 0 Å². The molecular weight excluding hydrogens is 552 g/mol. The fourth-order valence-corrected chi connectivity index (χ4v) is 4.22. The van der Waals surface area contributed by atoms with Crippen molar-refractivity contribution in [3.8, 4) is 11.5 Å². The normalized spacial score (nSPS) is 15.1. The first kappa shape index (κ1) is 30.7. The van der Waals surface area contributed by atoms with Crippen LogP contribution in [0.5, 0.6) is 11.5 Å². The van der Waals surface area contributed by atoms with Gasteiger partial charge in [-0.25, -0.2) is 19.4 Å². The minimum Gasteiger partial charge on any atom is -0.465 e. The maximum absolute atomic E-state index is 13.8. The molecule has 0 spiro atoms. The Bertz CT molecular complexity index is 1110. The molecule has 0 aliphatic heterocycles. The molecule has 0 saturated heterocycles. The number of rotatable bonds is 10. The van der Waals surface area contributed by atoms with Gasteiger partial charge in [-0.05, 0) is 98.8 Å². The summed E-state index contributed by atoms with van der Waals surface area (Å²) in [5.74, 6) is -1.72. The predicted octanol–water partition coefficient (Wildman–Crippen LogP) is 4.68. The lowest BCUT2D eigenvalue weighted by Crippen LogP contribution is -2.49. The second kappa shape index (κ2) is 12.3. The summed E-state index contributed by atoms with van der Waals surface area (Å²) in [4.78, 5) is 50.0. The van der Waals surface area contributed by atoms with Crippen LogP contribution in [-0.2, 0) is 33.6 Å². The summed E-state index contributed by atoms with van der Waals surface area (Å²) in [6.07, 6.45) is 2.57. The Morgan fingerprint density at radius 2 is 1.49 bits per heavy atom. The Labute approximate surface area is 224 Å². The van der Waals surface area contributed by atoms with Crippen molar-refractivity contribution in [1.82, 2.24) is 0 Å². The predicted molar refractivity (Wildman–Crippen MR) is 136 cm³/mol. The van der Waals surface area contributed by atoms with Crippen molar-refractivity contribution >= 4 is 33.7 Å². The molecule has 0 amide bonds. The summed E-state index contributed by atoms with van der Waals surface area (Å²) in [5, 5.41) is 0. The maximum Gasteiger partial charge on any atom is 0.356 e. The second-order valence-corrected chi connectivity index (χ2v) is 10.2. The molecule has 1 aliphatic carbocycles. The highest BCUT2D eigenvalue weighted by molar-refractivity contribution is 9.10. The number of carbonyl (C=O) groups is 3. The summed E-state index contributed by atoms with van der Waals surface area (Å²) < 4.78 is 26.7. The van der Waals surface area contributed by atoms with E-state index in [0.29, 0.717) is 11.1 Å². The molecule has 2 rings (SSSR count). The van der Waals surface area contributed by atoms with Gasteiger partial charge in [-0.1, -0.05) is 0 Å². The van der Waals surface area contributed by atoms with Gasteiger partial charge in [-0.15, -0.1) is 0 Å². The molecule has 0 radical (unpaired) electrons. The molecule has 0 bridgehead atoms. The number of ketones is 1. The molecule has 0 N–H and O–H groups in total. The number of benzene rings is 1. The first-order valence-corrected chi connectivity index (χ1v) is 12.1. The Morgan fingerprint density at radius 1 is 0.919 bits per heavy atom. The Hall–Kier alpha value is -2.57. The number of halogens is 1. The maximum atomic E-state index is 13.8. The highest BCUT2D eigenvalue weighted by Crippen LogP contribution is 2.45. The standard InChI is InChI=1S/C26H33BrO10/c1-14-10-18(28)11-15(2)26(14,37-36-25(5,6)7)24(30)35-21-17(4)16(3)19(23(29)34-13-32-9)22(20(21)27)33-12-31-8/h10-11H,12-13H2,1-9H3. The van der Waals surface area contributed by atoms with Gasteiger partial charge in [0.25, 0.3) is 0 Å². The van der Waals surface area contributed by atoms with Crippen LogP contribution in [0.3, 0.4) is 0 Å². The van der Waals surface area contributed by atoms with Crippen LogP contribution < -0.4 is 9.47 Å². The van der Waals surface area contributed by atoms with Crippen molar-refractivity contribution in [2.75, 3.05) is 27.8 Å². The average molecular weight is 585 g/mol. The van der Waals surface area contributed by atoms with Crippen LogP contribution in [0.1, 0.15) is 56.1 Å². The van der Waals surface area contributed by atoms with E-state index in [9.17, 15) is 14.4 Å². The lowest BCUT2D eigenvalue weighted by atomic mass is 9.82. The number of allylic oxidation sites excluding steroid dienone is 2. The Kier molecular flexibility index (Phi) is 10.2. The van der Waals surface area contributed by atoms with E-state index in [-0.39, 0.29) is 52.1 Å². The summed E-state index contributed by atoms with van der Waals surface area (Å²) in [7, 11) is 2.81. The largest absolute Gasteiger partial charge is 0.465 e. The second-order valence-electron chi connectivity index (χ2n) is 9.39. The molecule has 1 aromatic carbocycles. The van der Waals surface area contributed by atoms with Crippen LogP contribution in [0.4, 0.5) is 0 Å². The zero-order valence-corrected chi connectivity index (χ0v) is 24.1. The van der Waals surface area contributed by atoms with Gasteiger partial charge in [0, 0.05) is 14.2 Å². The number of ether oxygens (including phenoxy) is 5. The van der Waals surface area contributed by atoms with Gasteiger partial charge in [0.05, 0.1) is 5.60 Å². The SMILES string of the molecule is COCOC(=O)c1c(C)c(C)c(OC(=O)C2(OOC(C)(C)C)C(C)=CC(=O)C=C2C)c(Br)c1OCOC. The Morgan fingerprint density at radius 3 is 2.00 bits per heavy atom. The fourth-order valence-electron chi connectivity index (χ4n) is 3.53. The van der Waals surface area contributed by atoms with Gasteiger partial charge in [0.2, 0.25) is 5.60 Å². The van der Waals surface area contributed by atoms with Crippen LogP contribution in [0.2, 0.25) is 0 Å². The van der Waals surface area contributed by atoms with Crippen molar-refractivity contribution in [2.45, 2.75) is 59.7 Å². The van der Waals surface area contributed by atoms with Crippen LogP contribution in [0.15, 0.2) is 27.8 Å². The van der Waals surface area contributed by atoms with Crippen molar-refractivity contribution in [3.63, 3.8) is 0 Å². The molecule has 0 heterocycles. The molecule has 0 saturated carbocycles. The van der Waals surface area contributed by atoms with Gasteiger partial charge < -0.3 is 23.7 Å². The smallest absolute Gasteiger partial charge is 0.356 e. The van der Waals surface area contributed by atoms with Crippen molar-refractivity contribution < 1.29 is 47.8 Å². The third-order valence-electron chi connectivity index (χ3n) is 5.46. The molecule has 204 valence electrons. The quantitative estimate of drug-likeness (QED) is 0.126. The van der Waals surface area contributed by atoms with E-state index in [1.807, 2.05) is 0 Å². The molecule has 37 heavy (non-hydrogen) atoms. The summed E-state index contributed by atoms with van der Waals surface area (Å²) in [6, 6.07) is 0. The van der Waals surface area contributed by atoms with E-state index in [1.165, 1.54) is 26.4 Å². The van der Waals surface area contributed by atoms with E-state index in [1.54, 1.807) is 48.5 Å². The number of hydrogen-bond donors (Lipinski definition) is 0. The minimum atomic E-state index is -1.83. The molecule has 1 aliphatic rings. The zero-order chi connectivity index (χ0) is 28.1. The molecule has 10 nitrogen and oxygen atoms in total. The number of esters is 2. The number of carbonyl (C=O) groups excluding carboxylic acids is 3. The lowest BCUT2D eigenvalue weighted by Gasteiger charge is -2.36. The van der Waals surface area contributed by atoms with E-state index in [2.05, 4.69) is 15.9 Å². The molecule has 0 atom stereocenters. The average Bonchev–Trinajstić information content (AvgIpc) is 2.80. The molecule has 11 heteroatoms. The van der Waals surface area contributed by atoms with E-state index in [0.717, 1.165) is 0 Å². The van der Waals surface area contributed by atoms with E-state index < -0.39 is 23.1 Å². The van der Waals surface area contributed by atoms with Gasteiger partial charge in [0.15, 0.2) is 30.9 Å². The van der Waals surface area contributed by atoms with Crippen molar-refractivity contribution in [3.05, 3.63) is 44.5 Å². The summed E-state index contributed by atoms with van der Waals surface area (Å²) in [5.41, 5.74) is -1.02. The lowest BCUT2D eigenvalue weighted by molar-refractivity contribution is -0.380. The van der Waals surface area contributed by atoms with Gasteiger partial charge in [0.1, 0.15) is 10.0 Å². The first-order valence-electron chi connectivity index (χ1n) is 11.3. The molecule has 1 aromatic rings. The summed E-state index contributed by atoms with van der Waals surface area (Å²) >= 11 is 3.41. The van der Waals surface area contributed by atoms with Gasteiger partial charge in [-0.3, -0.25) is 4.79 Å². The third kappa shape index (κ3) is 6.66. The molecule has 0 aromatic heterocycles. The van der Waals surface area contributed by atoms with E-state index >= 15 is 0 Å². The Balaban J connectivity index is 2.65.